The van der Waals surface area contributed by atoms with Gasteiger partial charge in [0.05, 0.1) is 0 Å². The fraction of sp³-hybridized carbons (Fsp3) is 0.571. The van der Waals surface area contributed by atoms with Gasteiger partial charge in [0.1, 0.15) is 5.82 Å². The van der Waals surface area contributed by atoms with Gasteiger partial charge in [0.15, 0.2) is 0 Å². The van der Waals surface area contributed by atoms with Crippen LogP contribution >= 0.6 is 0 Å². The van der Waals surface area contributed by atoms with Gasteiger partial charge in [-0.05, 0) is 50.9 Å². The van der Waals surface area contributed by atoms with Crippen molar-refractivity contribution in [3.8, 4) is 0 Å². The molecule has 0 atom stereocenters. The first-order chi connectivity index (χ1) is 9.06. The molecule has 1 aliphatic rings. The summed E-state index contributed by atoms with van der Waals surface area (Å²) in [5, 5.41) is 3.37. The van der Waals surface area contributed by atoms with Crippen molar-refractivity contribution in [1.29, 1.82) is 0 Å². The molecule has 1 amide bonds. The number of aromatic nitrogens is 1. The number of pyridine rings is 1. The van der Waals surface area contributed by atoms with E-state index < -0.39 is 5.91 Å². The van der Waals surface area contributed by atoms with Crippen LogP contribution in [-0.2, 0) is 0 Å². The summed E-state index contributed by atoms with van der Waals surface area (Å²) in [6, 6.07) is 3.50. The van der Waals surface area contributed by atoms with Crippen LogP contribution in [0.1, 0.15) is 28.9 Å². The lowest BCUT2D eigenvalue weighted by atomic mass is 9.98. The van der Waals surface area contributed by atoms with Gasteiger partial charge in [0.25, 0.3) is 0 Å². The molecule has 0 unspecified atom stereocenters. The van der Waals surface area contributed by atoms with Crippen LogP contribution < -0.4 is 16.0 Å². The first-order valence-corrected chi connectivity index (χ1v) is 6.76. The fourth-order valence-corrected chi connectivity index (χ4v) is 2.53. The van der Waals surface area contributed by atoms with Crippen LogP contribution in [0, 0.1) is 12.8 Å². The fourth-order valence-electron chi connectivity index (χ4n) is 2.53. The van der Waals surface area contributed by atoms with Crippen molar-refractivity contribution in [1.82, 2.24) is 10.3 Å². The highest BCUT2D eigenvalue weighted by atomic mass is 16.1. The Morgan fingerprint density at radius 2 is 2.16 bits per heavy atom. The van der Waals surface area contributed by atoms with Crippen molar-refractivity contribution in [2.24, 2.45) is 11.7 Å². The van der Waals surface area contributed by atoms with E-state index in [1.54, 1.807) is 12.1 Å². The van der Waals surface area contributed by atoms with E-state index in [0.29, 0.717) is 11.5 Å². The summed E-state index contributed by atoms with van der Waals surface area (Å²) in [6.07, 6.45) is 2.39. The summed E-state index contributed by atoms with van der Waals surface area (Å²) < 4.78 is 0. The van der Waals surface area contributed by atoms with E-state index in [2.05, 4.69) is 15.2 Å². The van der Waals surface area contributed by atoms with Gasteiger partial charge in [-0.15, -0.1) is 0 Å². The zero-order valence-electron chi connectivity index (χ0n) is 11.6. The number of amides is 1. The van der Waals surface area contributed by atoms with Gasteiger partial charge in [-0.2, -0.15) is 0 Å². The number of hydrogen-bond acceptors (Lipinski definition) is 4. The molecule has 2 rings (SSSR count). The number of piperidine rings is 1. The number of carbonyl (C=O) groups is 1. The molecule has 1 saturated heterocycles. The molecule has 0 aromatic carbocycles. The second-order valence-corrected chi connectivity index (χ2v) is 5.29. The van der Waals surface area contributed by atoms with E-state index in [1.165, 1.54) is 12.8 Å². The molecule has 0 radical (unpaired) electrons. The molecule has 1 aliphatic heterocycles. The Morgan fingerprint density at radius 3 is 2.79 bits per heavy atom. The summed E-state index contributed by atoms with van der Waals surface area (Å²) >= 11 is 0. The standard InChI is InChI=1S/C14H22N4O/c1-10-7-12(14(15)19)8-13(17-10)18(2)9-11-3-5-16-6-4-11/h7-8,11,16H,3-6,9H2,1-2H3,(H2,15,19). The molecular weight excluding hydrogens is 240 g/mol. The number of nitrogens with two attached hydrogens (primary N) is 1. The molecule has 19 heavy (non-hydrogen) atoms. The monoisotopic (exact) mass is 262 g/mol. The molecule has 0 spiro atoms. The first-order valence-electron chi connectivity index (χ1n) is 6.76. The Kier molecular flexibility index (Phi) is 4.37. The topological polar surface area (TPSA) is 71.2 Å². The number of carbonyl (C=O) groups excluding carboxylic acids is 1. The van der Waals surface area contributed by atoms with E-state index >= 15 is 0 Å². The Hall–Kier alpha value is -1.62. The molecule has 0 aliphatic carbocycles. The minimum atomic E-state index is -0.401. The minimum absolute atomic E-state index is 0.401. The van der Waals surface area contributed by atoms with E-state index in [-0.39, 0.29) is 0 Å². The number of hydrogen-bond donors (Lipinski definition) is 2. The maximum atomic E-state index is 11.3. The normalized spacial score (nSPS) is 16.3. The third-order valence-corrected chi connectivity index (χ3v) is 3.61. The number of nitrogens with one attached hydrogen (secondary N) is 1. The summed E-state index contributed by atoms with van der Waals surface area (Å²) in [6.45, 7) is 5.03. The lowest BCUT2D eigenvalue weighted by Crippen LogP contribution is -2.35. The van der Waals surface area contributed by atoms with Gasteiger partial charge in [-0.25, -0.2) is 4.98 Å². The molecule has 1 aromatic heterocycles. The predicted octanol–water partition coefficient (Wildman–Crippen LogP) is 0.925. The van der Waals surface area contributed by atoms with Crippen LogP contribution in [0.25, 0.3) is 0 Å². The summed E-state index contributed by atoms with van der Waals surface area (Å²) in [5.74, 6) is 1.11. The Bertz CT molecular complexity index is 455. The average Bonchev–Trinajstić information content (AvgIpc) is 2.39. The maximum Gasteiger partial charge on any atom is 0.248 e. The maximum absolute atomic E-state index is 11.3. The molecule has 5 nitrogen and oxygen atoms in total. The van der Waals surface area contributed by atoms with Crippen LogP contribution in [0.3, 0.4) is 0 Å². The highest BCUT2D eigenvalue weighted by Crippen LogP contribution is 2.18. The van der Waals surface area contributed by atoms with Crippen LogP contribution in [0.15, 0.2) is 12.1 Å². The van der Waals surface area contributed by atoms with Crippen LogP contribution in [0.4, 0.5) is 5.82 Å². The van der Waals surface area contributed by atoms with Gasteiger partial charge in [-0.3, -0.25) is 4.79 Å². The quantitative estimate of drug-likeness (QED) is 0.846. The van der Waals surface area contributed by atoms with Gasteiger partial charge in [-0.1, -0.05) is 0 Å². The number of rotatable bonds is 4. The summed E-state index contributed by atoms with van der Waals surface area (Å²) in [4.78, 5) is 17.9. The molecule has 1 fully saturated rings. The van der Waals surface area contributed by atoms with Crippen molar-refractivity contribution in [2.45, 2.75) is 19.8 Å². The molecule has 0 saturated carbocycles. The third-order valence-electron chi connectivity index (χ3n) is 3.61. The van der Waals surface area contributed by atoms with Crippen molar-refractivity contribution in [3.63, 3.8) is 0 Å². The molecule has 2 heterocycles. The van der Waals surface area contributed by atoms with Gasteiger partial charge >= 0.3 is 0 Å². The zero-order chi connectivity index (χ0) is 13.8. The Balaban J connectivity index is 2.09. The van der Waals surface area contributed by atoms with Crippen molar-refractivity contribution in [3.05, 3.63) is 23.4 Å². The van der Waals surface area contributed by atoms with Gasteiger partial charge < -0.3 is 16.0 Å². The second-order valence-electron chi connectivity index (χ2n) is 5.29. The molecule has 104 valence electrons. The van der Waals surface area contributed by atoms with E-state index in [9.17, 15) is 4.79 Å². The van der Waals surface area contributed by atoms with E-state index in [1.807, 2.05) is 14.0 Å². The number of anilines is 1. The van der Waals surface area contributed by atoms with Gasteiger partial charge in [0.2, 0.25) is 5.91 Å². The molecule has 0 bridgehead atoms. The SMILES string of the molecule is Cc1cc(C(N)=O)cc(N(C)CC2CCNCC2)n1. The molecule has 5 heteroatoms. The third kappa shape index (κ3) is 3.67. The summed E-state index contributed by atoms with van der Waals surface area (Å²) in [5.41, 5.74) is 6.69. The lowest BCUT2D eigenvalue weighted by molar-refractivity contribution is 0.1000. The predicted molar refractivity (Wildman–Crippen MR) is 76.4 cm³/mol. The van der Waals surface area contributed by atoms with Crippen molar-refractivity contribution < 1.29 is 4.79 Å². The van der Waals surface area contributed by atoms with Gasteiger partial charge in [0, 0.05) is 24.8 Å². The second kappa shape index (κ2) is 6.02. The van der Waals surface area contributed by atoms with Crippen LogP contribution in [0.2, 0.25) is 0 Å². The lowest BCUT2D eigenvalue weighted by Gasteiger charge is -2.28. The highest BCUT2D eigenvalue weighted by molar-refractivity contribution is 5.93. The van der Waals surface area contributed by atoms with Crippen LogP contribution in [-0.4, -0.2) is 37.6 Å². The first kappa shape index (κ1) is 13.8. The highest BCUT2D eigenvalue weighted by Gasteiger charge is 2.16. The van der Waals surface area contributed by atoms with E-state index in [4.69, 9.17) is 5.73 Å². The minimum Gasteiger partial charge on any atom is -0.366 e. The van der Waals surface area contributed by atoms with Crippen molar-refractivity contribution in [2.75, 3.05) is 31.6 Å². The Labute approximate surface area is 114 Å². The molecular formula is C14H22N4O. The largest absolute Gasteiger partial charge is 0.366 e. The number of primary amides is 1. The summed E-state index contributed by atoms with van der Waals surface area (Å²) in [7, 11) is 2.02. The van der Waals surface area contributed by atoms with Crippen LogP contribution in [0.5, 0.6) is 0 Å². The number of aryl methyl sites for hydroxylation is 1. The molecule has 1 aromatic rings. The van der Waals surface area contributed by atoms with E-state index in [0.717, 1.165) is 31.1 Å². The number of nitrogens with zero attached hydrogens (tertiary/aromatic N) is 2. The average molecular weight is 262 g/mol. The van der Waals surface area contributed by atoms with Crippen molar-refractivity contribution >= 4 is 11.7 Å². The smallest absolute Gasteiger partial charge is 0.248 e. The molecule has 3 N–H and O–H groups in total. The zero-order valence-corrected chi connectivity index (χ0v) is 11.6. The Morgan fingerprint density at radius 1 is 1.47 bits per heavy atom.